The number of carbonyl (C=O) groups excluding carboxylic acids is 2. The highest BCUT2D eigenvalue weighted by Gasteiger charge is 2.11. The smallest absolute Gasteiger partial charge is 0.246 e. The number of amides is 2. The van der Waals surface area contributed by atoms with Crippen molar-refractivity contribution in [1.29, 1.82) is 0 Å². The molecule has 2 aromatic carbocycles. The average Bonchev–Trinajstić information content (AvgIpc) is 2.73. The number of benzene rings is 2. The van der Waals surface area contributed by atoms with E-state index < -0.39 is 0 Å². The SMILES string of the molecule is CCCCOc1ccc(NC(=O)CN(C)C(=O)/C=C/c2cccc(OC)c2)cc1. The quantitative estimate of drug-likeness (QED) is 0.487. The standard InChI is InChI=1S/C23H28N2O4/c1-4-5-15-29-20-12-10-19(11-13-20)24-22(26)17-25(2)23(27)14-9-18-7-6-8-21(16-18)28-3/h6-14,16H,4-5,15,17H2,1-3H3,(H,24,26)/b14-9+. The van der Waals surface area contributed by atoms with Crippen LogP contribution in [-0.2, 0) is 9.59 Å². The van der Waals surface area contributed by atoms with Crippen LogP contribution in [0.15, 0.2) is 54.6 Å². The maximum atomic E-state index is 12.2. The second-order valence-corrected chi connectivity index (χ2v) is 6.58. The van der Waals surface area contributed by atoms with E-state index in [2.05, 4.69) is 12.2 Å². The molecule has 1 N–H and O–H groups in total. The molecule has 0 aliphatic rings. The van der Waals surface area contributed by atoms with Crippen molar-refractivity contribution in [2.24, 2.45) is 0 Å². The summed E-state index contributed by atoms with van der Waals surface area (Å²) in [4.78, 5) is 25.8. The lowest BCUT2D eigenvalue weighted by Gasteiger charge is -2.15. The lowest BCUT2D eigenvalue weighted by molar-refractivity contribution is -0.129. The van der Waals surface area contributed by atoms with Gasteiger partial charge < -0.3 is 19.7 Å². The molecule has 0 radical (unpaired) electrons. The van der Waals surface area contributed by atoms with Crippen molar-refractivity contribution in [2.45, 2.75) is 19.8 Å². The van der Waals surface area contributed by atoms with E-state index in [1.807, 2.05) is 36.4 Å². The van der Waals surface area contributed by atoms with Crippen LogP contribution in [0.2, 0.25) is 0 Å². The number of likely N-dealkylation sites (N-methyl/N-ethyl adjacent to an activating group) is 1. The average molecular weight is 396 g/mol. The van der Waals surface area contributed by atoms with E-state index in [4.69, 9.17) is 9.47 Å². The van der Waals surface area contributed by atoms with Crippen LogP contribution in [0.5, 0.6) is 11.5 Å². The van der Waals surface area contributed by atoms with Gasteiger partial charge in [-0.3, -0.25) is 9.59 Å². The van der Waals surface area contributed by atoms with Crippen molar-refractivity contribution in [3.63, 3.8) is 0 Å². The molecule has 0 heterocycles. The highest BCUT2D eigenvalue weighted by Crippen LogP contribution is 2.16. The number of rotatable bonds is 10. The van der Waals surface area contributed by atoms with Crippen molar-refractivity contribution >= 4 is 23.6 Å². The molecule has 0 saturated carbocycles. The predicted molar refractivity (Wildman–Crippen MR) is 115 cm³/mol. The fourth-order valence-corrected chi connectivity index (χ4v) is 2.50. The Morgan fingerprint density at radius 2 is 1.86 bits per heavy atom. The van der Waals surface area contributed by atoms with E-state index in [-0.39, 0.29) is 18.4 Å². The van der Waals surface area contributed by atoms with E-state index in [9.17, 15) is 9.59 Å². The third kappa shape index (κ3) is 7.70. The Kier molecular flexibility index (Phi) is 8.76. The molecule has 0 spiro atoms. The van der Waals surface area contributed by atoms with Gasteiger partial charge in [0.2, 0.25) is 11.8 Å². The minimum Gasteiger partial charge on any atom is -0.497 e. The first-order valence-electron chi connectivity index (χ1n) is 9.61. The van der Waals surface area contributed by atoms with Gasteiger partial charge in [-0.05, 0) is 54.5 Å². The number of ether oxygens (including phenoxy) is 2. The first-order chi connectivity index (χ1) is 14.0. The number of nitrogens with one attached hydrogen (secondary N) is 1. The maximum Gasteiger partial charge on any atom is 0.246 e. The van der Waals surface area contributed by atoms with Gasteiger partial charge in [-0.25, -0.2) is 0 Å². The monoisotopic (exact) mass is 396 g/mol. The molecular weight excluding hydrogens is 368 g/mol. The molecule has 154 valence electrons. The Morgan fingerprint density at radius 1 is 1.10 bits per heavy atom. The first kappa shape index (κ1) is 22.0. The Hall–Kier alpha value is -3.28. The van der Waals surface area contributed by atoms with Crippen molar-refractivity contribution < 1.29 is 19.1 Å². The van der Waals surface area contributed by atoms with Gasteiger partial charge in [-0.15, -0.1) is 0 Å². The van der Waals surface area contributed by atoms with Crippen LogP contribution in [0, 0.1) is 0 Å². The summed E-state index contributed by atoms with van der Waals surface area (Å²) in [5.41, 5.74) is 1.50. The van der Waals surface area contributed by atoms with Gasteiger partial charge in [0.1, 0.15) is 11.5 Å². The summed E-state index contributed by atoms with van der Waals surface area (Å²) in [5.74, 6) is 0.957. The molecule has 2 rings (SSSR count). The van der Waals surface area contributed by atoms with Crippen molar-refractivity contribution in [3.8, 4) is 11.5 Å². The zero-order valence-corrected chi connectivity index (χ0v) is 17.2. The van der Waals surface area contributed by atoms with Crippen LogP contribution in [-0.4, -0.2) is 44.0 Å². The van der Waals surface area contributed by atoms with Crippen molar-refractivity contribution in [1.82, 2.24) is 4.90 Å². The largest absolute Gasteiger partial charge is 0.497 e. The van der Waals surface area contributed by atoms with Gasteiger partial charge >= 0.3 is 0 Å². The summed E-state index contributed by atoms with van der Waals surface area (Å²) >= 11 is 0. The fraction of sp³-hybridized carbons (Fsp3) is 0.304. The van der Waals surface area contributed by atoms with E-state index in [0.29, 0.717) is 18.0 Å². The van der Waals surface area contributed by atoms with Crippen molar-refractivity contribution in [3.05, 3.63) is 60.2 Å². The third-order valence-electron chi connectivity index (χ3n) is 4.17. The van der Waals surface area contributed by atoms with Gasteiger partial charge in [-0.2, -0.15) is 0 Å². The van der Waals surface area contributed by atoms with Gasteiger partial charge in [0.05, 0.1) is 20.3 Å². The second-order valence-electron chi connectivity index (χ2n) is 6.58. The summed E-state index contributed by atoms with van der Waals surface area (Å²) in [6.07, 6.45) is 5.21. The molecule has 0 fully saturated rings. The molecule has 0 atom stereocenters. The van der Waals surface area contributed by atoms with Gasteiger partial charge in [0.25, 0.3) is 0 Å². The Balaban J connectivity index is 1.82. The predicted octanol–water partition coefficient (Wildman–Crippen LogP) is 3.98. The van der Waals surface area contributed by atoms with Crippen LogP contribution in [0.4, 0.5) is 5.69 Å². The molecular formula is C23H28N2O4. The maximum absolute atomic E-state index is 12.2. The first-order valence-corrected chi connectivity index (χ1v) is 9.61. The number of hydrogen-bond acceptors (Lipinski definition) is 4. The fourth-order valence-electron chi connectivity index (χ4n) is 2.50. The van der Waals surface area contributed by atoms with E-state index in [1.54, 1.807) is 32.4 Å². The van der Waals surface area contributed by atoms with E-state index >= 15 is 0 Å². The molecule has 6 nitrogen and oxygen atoms in total. The van der Waals surface area contributed by atoms with E-state index in [1.165, 1.54) is 11.0 Å². The Morgan fingerprint density at radius 3 is 2.55 bits per heavy atom. The summed E-state index contributed by atoms with van der Waals surface area (Å²) < 4.78 is 10.8. The topological polar surface area (TPSA) is 67.9 Å². The molecule has 0 saturated heterocycles. The zero-order valence-electron chi connectivity index (χ0n) is 17.2. The lowest BCUT2D eigenvalue weighted by Crippen LogP contribution is -2.33. The zero-order chi connectivity index (χ0) is 21.1. The number of hydrogen-bond donors (Lipinski definition) is 1. The Labute approximate surface area is 172 Å². The number of unbranched alkanes of at least 4 members (excludes halogenated alkanes) is 1. The lowest BCUT2D eigenvalue weighted by atomic mass is 10.2. The second kappa shape index (κ2) is 11.5. The summed E-state index contributed by atoms with van der Waals surface area (Å²) in [7, 11) is 3.18. The number of anilines is 1. The molecule has 29 heavy (non-hydrogen) atoms. The molecule has 6 heteroatoms. The molecule has 0 unspecified atom stereocenters. The molecule has 2 aromatic rings. The molecule has 0 bridgehead atoms. The molecule has 0 aliphatic carbocycles. The molecule has 0 aliphatic heterocycles. The van der Waals surface area contributed by atoms with Crippen LogP contribution in [0.1, 0.15) is 25.3 Å². The summed E-state index contributed by atoms with van der Waals surface area (Å²) in [6.45, 7) is 2.74. The number of carbonyl (C=O) groups is 2. The van der Waals surface area contributed by atoms with Crippen LogP contribution >= 0.6 is 0 Å². The highest BCUT2D eigenvalue weighted by atomic mass is 16.5. The molecule has 0 aromatic heterocycles. The van der Waals surface area contributed by atoms with Crippen molar-refractivity contribution in [2.75, 3.05) is 32.6 Å². The van der Waals surface area contributed by atoms with Crippen LogP contribution in [0.3, 0.4) is 0 Å². The minimum absolute atomic E-state index is 0.0456. The number of nitrogens with zero attached hydrogens (tertiary/aromatic N) is 1. The van der Waals surface area contributed by atoms with Gasteiger partial charge in [-0.1, -0.05) is 25.5 Å². The molecule has 2 amide bonds. The number of methoxy groups -OCH3 is 1. The van der Waals surface area contributed by atoms with Gasteiger partial charge in [0.15, 0.2) is 0 Å². The van der Waals surface area contributed by atoms with Crippen LogP contribution < -0.4 is 14.8 Å². The van der Waals surface area contributed by atoms with E-state index in [0.717, 1.165) is 24.2 Å². The minimum atomic E-state index is -0.268. The summed E-state index contributed by atoms with van der Waals surface area (Å²) in [6, 6.07) is 14.6. The third-order valence-corrected chi connectivity index (χ3v) is 4.17. The normalized spacial score (nSPS) is 10.6. The summed E-state index contributed by atoms with van der Waals surface area (Å²) in [5, 5.41) is 2.78. The Bertz CT molecular complexity index is 831. The van der Waals surface area contributed by atoms with Crippen LogP contribution in [0.25, 0.3) is 6.08 Å². The highest BCUT2D eigenvalue weighted by molar-refractivity contribution is 5.97. The van der Waals surface area contributed by atoms with Gasteiger partial charge in [0, 0.05) is 18.8 Å².